The molecule has 6 nitrogen and oxygen atoms in total. The molecule has 0 aliphatic carbocycles. The van der Waals surface area contributed by atoms with Crippen LogP contribution in [0.1, 0.15) is 34.1 Å². The molecule has 0 heterocycles. The number of hydrogen-bond donors (Lipinski definition) is 3. The van der Waals surface area contributed by atoms with Crippen molar-refractivity contribution in [1.82, 2.24) is 10.6 Å². The summed E-state index contributed by atoms with van der Waals surface area (Å²) in [5.74, 6) is -0.195. The minimum atomic E-state index is -0.418. The van der Waals surface area contributed by atoms with E-state index >= 15 is 0 Å². The average molecular weight is 450 g/mol. The van der Waals surface area contributed by atoms with Gasteiger partial charge in [0, 0.05) is 11.0 Å². The second kappa shape index (κ2) is 10.0. The maximum Gasteiger partial charge on any atom is 0.261 e. The van der Waals surface area contributed by atoms with Crippen LogP contribution >= 0.6 is 28.1 Å². The van der Waals surface area contributed by atoms with Gasteiger partial charge in [0.2, 0.25) is 0 Å². The number of methoxy groups -OCH3 is 1. The van der Waals surface area contributed by atoms with Crippen molar-refractivity contribution in [3.8, 4) is 5.75 Å². The smallest absolute Gasteiger partial charge is 0.261 e. The molecule has 2 rings (SSSR count). The summed E-state index contributed by atoms with van der Waals surface area (Å²) in [4.78, 5) is 24.8. The van der Waals surface area contributed by atoms with Crippen molar-refractivity contribution < 1.29 is 14.3 Å². The number of hydrogen-bond acceptors (Lipinski definition) is 4. The summed E-state index contributed by atoms with van der Waals surface area (Å²) in [7, 11) is 1.49. The highest BCUT2D eigenvalue weighted by Gasteiger charge is 2.16. The predicted molar refractivity (Wildman–Crippen MR) is 113 cm³/mol. The van der Waals surface area contributed by atoms with Gasteiger partial charge in [-0.2, -0.15) is 0 Å². The van der Waals surface area contributed by atoms with E-state index in [1.54, 1.807) is 42.5 Å². The number of benzene rings is 2. The molecule has 0 unspecified atom stereocenters. The fraction of sp³-hybridized carbons (Fsp3) is 0.211. The largest absolute Gasteiger partial charge is 0.496 e. The van der Waals surface area contributed by atoms with Crippen LogP contribution in [0, 0.1) is 0 Å². The Morgan fingerprint density at radius 1 is 1.11 bits per heavy atom. The van der Waals surface area contributed by atoms with Crippen molar-refractivity contribution in [3.05, 3.63) is 58.1 Å². The normalized spacial score (nSPS) is 10.0. The van der Waals surface area contributed by atoms with Crippen LogP contribution in [0.3, 0.4) is 0 Å². The van der Waals surface area contributed by atoms with E-state index in [9.17, 15) is 9.59 Å². The summed E-state index contributed by atoms with van der Waals surface area (Å²) in [6.07, 6.45) is 0.838. The molecular formula is C19H20BrN3O3S. The maximum absolute atomic E-state index is 12.5. The molecule has 0 aromatic heterocycles. The Morgan fingerprint density at radius 3 is 2.56 bits per heavy atom. The first-order chi connectivity index (χ1) is 13.0. The Hall–Kier alpha value is -2.45. The molecule has 0 saturated carbocycles. The van der Waals surface area contributed by atoms with Gasteiger partial charge in [-0.25, -0.2) is 0 Å². The molecule has 0 aliphatic rings. The summed E-state index contributed by atoms with van der Waals surface area (Å²) < 4.78 is 5.95. The molecule has 2 aromatic rings. The summed E-state index contributed by atoms with van der Waals surface area (Å²) in [5.41, 5.74) is 1.30. The van der Waals surface area contributed by atoms with Gasteiger partial charge in [0.1, 0.15) is 5.75 Å². The number of para-hydroxylation sites is 1. The molecule has 3 N–H and O–H groups in total. The molecule has 0 fully saturated rings. The van der Waals surface area contributed by atoms with Crippen molar-refractivity contribution in [2.24, 2.45) is 0 Å². The van der Waals surface area contributed by atoms with Gasteiger partial charge in [-0.15, -0.1) is 0 Å². The molecule has 8 heteroatoms. The standard InChI is InChI=1S/C19H20BrN3O3S/c1-3-10-21-17(24)13-6-4-5-7-15(13)22-19(27)23-18(25)14-11-12(20)8-9-16(14)26-2/h4-9,11H,3,10H2,1-2H3,(H,21,24)(H2,22,23,25,27). The third-order valence-electron chi connectivity index (χ3n) is 3.59. The quantitative estimate of drug-likeness (QED) is 0.585. The fourth-order valence-corrected chi connectivity index (χ4v) is 2.87. The molecule has 142 valence electrons. The lowest BCUT2D eigenvalue weighted by Gasteiger charge is -2.14. The predicted octanol–water partition coefficient (Wildman–Crippen LogP) is 3.72. The summed E-state index contributed by atoms with van der Waals surface area (Å²) >= 11 is 8.56. The second-order valence-corrected chi connectivity index (χ2v) is 6.88. The zero-order chi connectivity index (χ0) is 19.8. The minimum Gasteiger partial charge on any atom is -0.496 e. The maximum atomic E-state index is 12.5. The zero-order valence-corrected chi connectivity index (χ0v) is 17.4. The van der Waals surface area contributed by atoms with Gasteiger partial charge in [-0.05, 0) is 49.0 Å². The zero-order valence-electron chi connectivity index (χ0n) is 15.0. The van der Waals surface area contributed by atoms with Crippen LogP contribution < -0.4 is 20.7 Å². The van der Waals surface area contributed by atoms with Gasteiger partial charge >= 0.3 is 0 Å². The number of carbonyl (C=O) groups is 2. The number of thiocarbonyl (C=S) groups is 1. The molecule has 2 amide bonds. The molecule has 0 aliphatic heterocycles. The third kappa shape index (κ3) is 5.77. The Balaban J connectivity index is 2.11. The van der Waals surface area contributed by atoms with Crippen molar-refractivity contribution in [3.63, 3.8) is 0 Å². The molecule has 0 spiro atoms. The molecule has 0 bridgehead atoms. The average Bonchev–Trinajstić information content (AvgIpc) is 2.66. The van der Waals surface area contributed by atoms with Gasteiger partial charge in [0.25, 0.3) is 11.8 Å². The van der Waals surface area contributed by atoms with E-state index in [0.29, 0.717) is 29.1 Å². The van der Waals surface area contributed by atoms with Crippen molar-refractivity contribution >= 4 is 50.8 Å². The molecule has 0 saturated heterocycles. The fourth-order valence-electron chi connectivity index (χ4n) is 2.31. The van der Waals surface area contributed by atoms with E-state index in [-0.39, 0.29) is 11.0 Å². The number of nitrogens with one attached hydrogen (secondary N) is 3. The SMILES string of the molecule is CCCNC(=O)c1ccccc1NC(=S)NC(=O)c1cc(Br)ccc1OC. The number of carbonyl (C=O) groups excluding carboxylic acids is 2. The highest BCUT2D eigenvalue weighted by atomic mass is 79.9. The summed E-state index contributed by atoms with van der Waals surface area (Å²) in [6.45, 7) is 2.56. The Labute approximate surface area is 171 Å². The number of rotatable bonds is 6. The lowest BCUT2D eigenvalue weighted by atomic mass is 10.1. The topological polar surface area (TPSA) is 79.5 Å². The van der Waals surface area contributed by atoms with E-state index in [0.717, 1.165) is 10.9 Å². The minimum absolute atomic E-state index is 0.0813. The van der Waals surface area contributed by atoms with E-state index in [4.69, 9.17) is 17.0 Å². The van der Waals surface area contributed by atoms with Crippen LogP contribution in [0.5, 0.6) is 5.75 Å². The number of amides is 2. The van der Waals surface area contributed by atoms with E-state index in [2.05, 4.69) is 31.9 Å². The molecule has 0 radical (unpaired) electrons. The van der Waals surface area contributed by atoms with E-state index in [1.807, 2.05) is 6.92 Å². The monoisotopic (exact) mass is 449 g/mol. The van der Waals surface area contributed by atoms with Gasteiger partial charge < -0.3 is 15.4 Å². The first-order valence-corrected chi connectivity index (χ1v) is 9.49. The highest BCUT2D eigenvalue weighted by Crippen LogP contribution is 2.23. The Kier molecular flexibility index (Phi) is 7.75. The second-order valence-electron chi connectivity index (χ2n) is 5.55. The van der Waals surface area contributed by atoms with Gasteiger partial charge in [0.15, 0.2) is 5.11 Å². The molecule has 0 atom stereocenters. The number of ether oxygens (including phenoxy) is 1. The van der Waals surface area contributed by atoms with Crippen LogP contribution in [0.4, 0.5) is 5.69 Å². The lowest BCUT2D eigenvalue weighted by Crippen LogP contribution is -2.35. The van der Waals surface area contributed by atoms with Gasteiger partial charge in [-0.1, -0.05) is 35.0 Å². The highest BCUT2D eigenvalue weighted by molar-refractivity contribution is 9.10. The molecule has 2 aromatic carbocycles. The van der Waals surface area contributed by atoms with Crippen LogP contribution in [-0.4, -0.2) is 30.6 Å². The van der Waals surface area contributed by atoms with Crippen molar-refractivity contribution in [1.29, 1.82) is 0 Å². The number of anilines is 1. The van der Waals surface area contributed by atoms with E-state index in [1.165, 1.54) is 7.11 Å². The molecular weight excluding hydrogens is 430 g/mol. The molecule has 27 heavy (non-hydrogen) atoms. The first kappa shape index (κ1) is 20.9. The van der Waals surface area contributed by atoms with Gasteiger partial charge in [0.05, 0.1) is 23.9 Å². The summed E-state index contributed by atoms with van der Waals surface area (Å²) in [5, 5.41) is 8.41. The van der Waals surface area contributed by atoms with Crippen LogP contribution in [0.15, 0.2) is 46.9 Å². The Morgan fingerprint density at radius 2 is 1.85 bits per heavy atom. The van der Waals surface area contributed by atoms with Crippen molar-refractivity contribution in [2.75, 3.05) is 19.0 Å². The van der Waals surface area contributed by atoms with Gasteiger partial charge in [-0.3, -0.25) is 14.9 Å². The van der Waals surface area contributed by atoms with Crippen molar-refractivity contribution in [2.45, 2.75) is 13.3 Å². The van der Waals surface area contributed by atoms with Crippen LogP contribution in [-0.2, 0) is 0 Å². The third-order valence-corrected chi connectivity index (χ3v) is 4.29. The Bertz CT molecular complexity index is 858. The number of halogens is 1. The lowest BCUT2D eigenvalue weighted by molar-refractivity contribution is 0.0952. The van der Waals surface area contributed by atoms with Crippen LogP contribution in [0.2, 0.25) is 0 Å². The summed E-state index contributed by atoms with van der Waals surface area (Å²) in [6, 6.07) is 12.1. The van der Waals surface area contributed by atoms with Crippen LogP contribution in [0.25, 0.3) is 0 Å². The van der Waals surface area contributed by atoms with E-state index < -0.39 is 5.91 Å². The first-order valence-electron chi connectivity index (χ1n) is 8.29.